The van der Waals surface area contributed by atoms with Gasteiger partial charge < -0.3 is 4.74 Å². The summed E-state index contributed by atoms with van der Waals surface area (Å²) in [5.74, 6) is 1.18. The molecule has 0 radical (unpaired) electrons. The molecule has 4 rings (SSSR count). The van der Waals surface area contributed by atoms with E-state index in [9.17, 15) is 14.4 Å². The molecule has 3 fully saturated rings. The summed E-state index contributed by atoms with van der Waals surface area (Å²) >= 11 is 0. The van der Waals surface area contributed by atoms with E-state index in [0.29, 0.717) is 24.2 Å². The first-order valence-corrected chi connectivity index (χ1v) is 11.5. The Morgan fingerprint density at radius 1 is 1.17 bits per heavy atom. The number of hydrogen-bond acceptors (Lipinski definition) is 4. The second-order valence-electron chi connectivity index (χ2n) is 10.6. The van der Waals surface area contributed by atoms with Gasteiger partial charge in [-0.2, -0.15) is 0 Å². The van der Waals surface area contributed by atoms with E-state index in [4.69, 9.17) is 4.74 Å². The topological polar surface area (TPSA) is 60.4 Å². The minimum Gasteiger partial charge on any atom is -0.453 e. The second-order valence-corrected chi connectivity index (χ2v) is 10.6. The van der Waals surface area contributed by atoms with E-state index in [1.54, 1.807) is 0 Å². The van der Waals surface area contributed by atoms with E-state index in [2.05, 4.69) is 26.2 Å². The van der Waals surface area contributed by atoms with Crippen LogP contribution < -0.4 is 0 Å². The van der Waals surface area contributed by atoms with Gasteiger partial charge in [0.05, 0.1) is 0 Å². The third-order valence-electron chi connectivity index (χ3n) is 9.17. The van der Waals surface area contributed by atoms with Crippen molar-refractivity contribution >= 4 is 17.5 Å². The average molecular weight is 411 g/mol. The molecule has 4 aliphatic carbocycles. The van der Waals surface area contributed by atoms with Gasteiger partial charge in [-0.3, -0.25) is 14.4 Å². The number of Topliss-reactive ketones (excluding diaryl/α,β-unsaturated/α-hetero) is 1. The minimum absolute atomic E-state index is 0.174. The highest BCUT2D eigenvalue weighted by molar-refractivity contribution is 5.94. The lowest BCUT2D eigenvalue weighted by Gasteiger charge is -2.60. The maximum Gasteiger partial charge on any atom is 0.314 e. The zero-order valence-corrected chi connectivity index (χ0v) is 18.6. The lowest BCUT2D eigenvalue weighted by Crippen LogP contribution is -2.57. The largest absolute Gasteiger partial charge is 0.453 e. The summed E-state index contributed by atoms with van der Waals surface area (Å²) in [6.07, 6.45) is 11.2. The zero-order valence-electron chi connectivity index (χ0n) is 18.6. The average Bonchev–Trinajstić information content (AvgIpc) is 2.93. The van der Waals surface area contributed by atoms with Crippen LogP contribution in [-0.2, 0) is 19.1 Å². The van der Waals surface area contributed by atoms with E-state index in [1.807, 2.05) is 12.2 Å². The fraction of sp³-hybridized carbons (Fsp3) is 0.692. The lowest BCUT2D eigenvalue weighted by atomic mass is 9.44. The van der Waals surface area contributed by atoms with Gasteiger partial charge in [-0.05, 0) is 81.1 Å². The molecule has 4 nitrogen and oxygen atoms in total. The summed E-state index contributed by atoms with van der Waals surface area (Å²) in [5.41, 5.74) is 3.58. The highest BCUT2D eigenvalue weighted by Gasteiger charge is 2.66. The van der Waals surface area contributed by atoms with Crippen molar-refractivity contribution in [1.29, 1.82) is 0 Å². The number of ether oxygens (including phenoxy) is 1. The van der Waals surface area contributed by atoms with Crippen LogP contribution in [0.15, 0.2) is 30.0 Å². The lowest BCUT2D eigenvalue weighted by molar-refractivity contribution is -0.177. The number of esters is 1. The van der Waals surface area contributed by atoms with Crippen LogP contribution in [0.4, 0.5) is 0 Å². The Hall–Kier alpha value is -1.93. The SMILES string of the molecule is C=C=C[C@]1(OC(=O)CC(C)=O)CC[C@H]2[C@@H]3CCC4=CC(=O)CC[C@@H]4[C@@]3(C)CC[C@@]21C. The zero-order chi connectivity index (χ0) is 21.7. The molecule has 0 aromatic rings. The monoisotopic (exact) mass is 410 g/mol. The van der Waals surface area contributed by atoms with Crippen LogP contribution in [0.25, 0.3) is 0 Å². The maximum atomic E-state index is 12.5. The van der Waals surface area contributed by atoms with Crippen LogP contribution >= 0.6 is 0 Å². The van der Waals surface area contributed by atoms with Crippen LogP contribution in [0.3, 0.4) is 0 Å². The number of rotatable bonds is 4. The Balaban J connectivity index is 1.67. The Labute approximate surface area is 179 Å². The van der Waals surface area contributed by atoms with Gasteiger partial charge in [0, 0.05) is 17.9 Å². The number of ketones is 2. The molecular formula is C26H34O4. The minimum atomic E-state index is -0.730. The van der Waals surface area contributed by atoms with Crippen molar-refractivity contribution in [3.05, 3.63) is 30.0 Å². The predicted octanol–water partition coefficient (Wildman–Crippen LogP) is 5.12. The van der Waals surface area contributed by atoms with Gasteiger partial charge >= 0.3 is 5.97 Å². The first kappa shape index (κ1) is 21.3. The molecule has 4 heteroatoms. The van der Waals surface area contributed by atoms with E-state index in [0.717, 1.165) is 44.9 Å². The molecule has 0 aliphatic heterocycles. The van der Waals surface area contributed by atoms with Gasteiger partial charge in [0.25, 0.3) is 0 Å². The molecule has 0 saturated heterocycles. The summed E-state index contributed by atoms with van der Waals surface area (Å²) in [6, 6.07) is 0. The molecule has 30 heavy (non-hydrogen) atoms. The van der Waals surface area contributed by atoms with E-state index >= 15 is 0 Å². The second kappa shape index (κ2) is 7.34. The number of hydrogen-bond donors (Lipinski definition) is 0. The van der Waals surface area contributed by atoms with Crippen molar-refractivity contribution in [3.8, 4) is 0 Å². The summed E-state index contributed by atoms with van der Waals surface area (Å²) in [6.45, 7) is 9.92. The van der Waals surface area contributed by atoms with E-state index in [1.165, 1.54) is 12.5 Å². The van der Waals surface area contributed by atoms with Crippen molar-refractivity contribution in [2.75, 3.05) is 0 Å². The Kier molecular flexibility index (Phi) is 5.21. The first-order valence-electron chi connectivity index (χ1n) is 11.5. The molecule has 0 spiro atoms. The van der Waals surface area contributed by atoms with Crippen molar-refractivity contribution < 1.29 is 19.1 Å². The molecule has 6 atom stereocenters. The van der Waals surface area contributed by atoms with Gasteiger partial charge in [-0.1, -0.05) is 26.0 Å². The fourth-order valence-corrected chi connectivity index (χ4v) is 7.68. The van der Waals surface area contributed by atoms with Crippen molar-refractivity contribution in [2.24, 2.45) is 28.6 Å². The number of allylic oxidation sites excluding steroid dienone is 1. The van der Waals surface area contributed by atoms with Gasteiger partial charge in [0.15, 0.2) is 5.78 Å². The number of carbonyl (C=O) groups is 3. The highest BCUT2D eigenvalue weighted by atomic mass is 16.6. The van der Waals surface area contributed by atoms with Crippen LogP contribution in [0, 0.1) is 28.6 Å². The van der Waals surface area contributed by atoms with E-state index < -0.39 is 11.6 Å². The Morgan fingerprint density at radius 3 is 2.63 bits per heavy atom. The molecule has 0 heterocycles. The molecule has 0 bridgehead atoms. The Bertz CT molecular complexity index is 862. The molecular weight excluding hydrogens is 376 g/mol. The molecule has 0 aromatic carbocycles. The smallest absolute Gasteiger partial charge is 0.314 e. The first-order chi connectivity index (χ1) is 14.1. The predicted molar refractivity (Wildman–Crippen MR) is 115 cm³/mol. The molecule has 3 saturated carbocycles. The number of fused-ring (bicyclic) bond motifs is 5. The fourth-order valence-electron chi connectivity index (χ4n) is 7.68. The van der Waals surface area contributed by atoms with Crippen LogP contribution in [0.5, 0.6) is 0 Å². The molecule has 0 aromatic heterocycles. The molecule has 0 N–H and O–H groups in total. The van der Waals surface area contributed by atoms with E-state index in [-0.39, 0.29) is 28.8 Å². The molecule has 162 valence electrons. The standard InChI is InChI=1S/C26H34O4/c1-5-11-26(30-23(29)15-17(2)27)12-10-22-21-8-6-18-16-19(28)7-9-20(18)24(21,3)13-14-25(22,26)4/h11,16,20-22H,1,6-10,12-15H2,2-4H3/t20-,21-,22-,24+,25-,26-/m0/s1. The van der Waals surface area contributed by atoms with Crippen LogP contribution in [0.1, 0.15) is 78.6 Å². The van der Waals surface area contributed by atoms with Crippen LogP contribution in [-0.4, -0.2) is 23.1 Å². The van der Waals surface area contributed by atoms with Crippen LogP contribution in [0.2, 0.25) is 0 Å². The third kappa shape index (κ3) is 3.07. The number of carbonyl (C=O) groups excluding carboxylic acids is 3. The normalized spacial score (nSPS) is 42.2. The molecule has 4 aliphatic rings. The van der Waals surface area contributed by atoms with Gasteiger partial charge in [-0.25, -0.2) is 0 Å². The molecule has 0 unspecified atom stereocenters. The Morgan fingerprint density at radius 2 is 1.93 bits per heavy atom. The highest BCUT2D eigenvalue weighted by Crippen LogP contribution is 2.69. The van der Waals surface area contributed by atoms with Gasteiger partial charge in [0.2, 0.25) is 0 Å². The summed E-state index contributed by atoms with van der Waals surface area (Å²) in [4.78, 5) is 36.0. The van der Waals surface area contributed by atoms with Crippen molar-refractivity contribution in [2.45, 2.75) is 84.2 Å². The quantitative estimate of drug-likeness (QED) is 0.367. The summed E-state index contributed by atoms with van der Waals surface area (Å²) in [7, 11) is 0. The maximum absolute atomic E-state index is 12.5. The van der Waals surface area contributed by atoms with Crippen molar-refractivity contribution in [3.63, 3.8) is 0 Å². The van der Waals surface area contributed by atoms with Crippen molar-refractivity contribution in [1.82, 2.24) is 0 Å². The van der Waals surface area contributed by atoms with Gasteiger partial charge in [0.1, 0.15) is 17.8 Å². The summed E-state index contributed by atoms with van der Waals surface area (Å²) < 4.78 is 6.08. The third-order valence-corrected chi connectivity index (χ3v) is 9.17. The van der Waals surface area contributed by atoms with Gasteiger partial charge in [-0.15, -0.1) is 5.73 Å². The molecule has 0 amide bonds. The summed E-state index contributed by atoms with van der Waals surface area (Å²) in [5, 5.41) is 0.